The Bertz CT molecular complexity index is 527. The van der Waals surface area contributed by atoms with E-state index in [1.807, 2.05) is 0 Å². The maximum Gasteiger partial charge on any atom is 0.283 e. The maximum atomic E-state index is 12.4. The number of nitro groups is 1. The molecule has 0 atom stereocenters. The van der Waals surface area contributed by atoms with Crippen molar-refractivity contribution >= 4 is 27.5 Å². The molecule has 20 heavy (non-hydrogen) atoms. The van der Waals surface area contributed by atoms with Crippen molar-refractivity contribution < 1.29 is 14.8 Å². The molecule has 1 saturated heterocycles. The Morgan fingerprint density at radius 2 is 2.10 bits per heavy atom. The number of benzene rings is 1. The van der Waals surface area contributed by atoms with Gasteiger partial charge in [0, 0.05) is 30.2 Å². The number of likely N-dealkylation sites (tertiary alicyclic amines) is 1. The van der Waals surface area contributed by atoms with Gasteiger partial charge in [-0.2, -0.15) is 0 Å². The van der Waals surface area contributed by atoms with Gasteiger partial charge in [0.05, 0.1) is 4.92 Å². The number of amides is 1. The zero-order valence-corrected chi connectivity index (χ0v) is 12.4. The van der Waals surface area contributed by atoms with E-state index in [1.54, 1.807) is 11.0 Å². The highest BCUT2D eigenvalue weighted by Crippen LogP contribution is 2.26. The monoisotopic (exact) mass is 342 g/mol. The van der Waals surface area contributed by atoms with Crippen LogP contribution in [0.25, 0.3) is 0 Å². The zero-order valence-electron chi connectivity index (χ0n) is 10.8. The number of aliphatic hydroxyl groups is 1. The molecule has 7 heteroatoms. The van der Waals surface area contributed by atoms with Crippen LogP contribution in [0.15, 0.2) is 22.7 Å². The summed E-state index contributed by atoms with van der Waals surface area (Å²) >= 11 is 3.17. The number of nitro benzene ring substituents is 1. The molecule has 0 aromatic heterocycles. The first-order chi connectivity index (χ1) is 9.52. The number of rotatable bonds is 3. The Kier molecular flexibility index (Phi) is 4.72. The van der Waals surface area contributed by atoms with Crippen LogP contribution in [-0.4, -0.2) is 40.5 Å². The van der Waals surface area contributed by atoms with Gasteiger partial charge in [0.25, 0.3) is 11.6 Å². The van der Waals surface area contributed by atoms with Crippen LogP contribution in [0.3, 0.4) is 0 Å². The van der Waals surface area contributed by atoms with Gasteiger partial charge in [0.1, 0.15) is 5.56 Å². The highest BCUT2D eigenvalue weighted by Gasteiger charge is 2.28. The average molecular weight is 343 g/mol. The first-order valence-electron chi connectivity index (χ1n) is 6.37. The standard InChI is InChI=1S/C13H15BrN2O4/c14-10-1-2-11(12(7-10)16(19)20)13(18)15-5-3-9(8-17)4-6-15/h1-2,7,9,17H,3-6,8H2. The van der Waals surface area contributed by atoms with Crippen LogP contribution < -0.4 is 0 Å². The molecule has 1 aliphatic rings. The lowest BCUT2D eigenvalue weighted by molar-refractivity contribution is -0.385. The van der Waals surface area contributed by atoms with E-state index in [9.17, 15) is 14.9 Å². The van der Waals surface area contributed by atoms with E-state index in [4.69, 9.17) is 5.11 Å². The zero-order chi connectivity index (χ0) is 14.7. The Labute approximate surface area is 124 Å². The normalized spacial score (nSPS) is 16.2. The Morgan fingerprint density at radius 1 is 1.45 bits per heavy atom. The Balaban J connectivity index is 2.19. The van der Waals surface area contributed by atoms with Crippen LogP contribution >= 0.6 is 15.9 Å². The Hall–Kier alpha value is -1.47. The molecule has 1 fully saturated rings. The third kappa shape index (κ3) is 3.16. The van der Waals surface area contributed by atoms with Crippen LogP contribution in [0.4, 0.5) is 5.69 Å². The first kappa shape index (κ1) is 14.9. The maximum absolute atomic E-state index is 12.4. The molecule has 2 rings (SSSR count). The molecule has 1 aromatic carbocycles. The number of carbonyl (C=O) groups excluding carboxylic acids is 1. The summed E-state index contributed by atoms with van der Waals surface area (Å²) in [7, 11) is 0. The highest BCUT2D eigenvalue weighted by molar-refractivity contribution is 9.10. The summed E-state index contributed by atoms with van der Waals surface area (Å²) in [5, 5.41) is 20.1. The van der Waals surface area contributed by atoms with Gasteiger partial charge in [-0.1, -0.05) is 15.9 Å². The van der Waals surface area contributed by atoms with Crippen molar-refractivity contribution in [2.24, 2.45) is 5.92 Å². The molecule has 1 N–H and O–H groups in total. The SMILES string of the molecule is O=C(c1ccc(Br)cc1[N+](=O)[O-])N1CCC(CO)CC1. The van der Waals surface area contributed by atoms with E-state index in [1.165, 1.54) is 12.1 Å². The lowest BCUT2D eigenvalue weighted by Gasteiger charge is -2.31. The molecule has 0 saturated carbocycles. The summed E-state index contributed by atoms with van der Waals surface area (Å²) in [4.78, 5) is 24.5. The molecule has 0 radical (unpaired) electrons. The van der Waals surface area contributed by atoms with Crippen LogP contribution in [0.5, 0.6) is 0 Å². The fourth-order valence-electron chi connectivity index (χ4n) is 2.33. The van der Waals surface area contributed by atoms with Gasteiger partial charge in [0.2, 0.25) is 0 Å². The van der Waals surface area contributed by atoms with Gasteiger partial charge >= 0.3 is 0 Å². The summed E-state index contributed by atoms with van der Waals surface area (Å²) in [5.41, 5.74) is -0.0747. The Morgan fingerprint density at radius 3 is 2.65 bits per heavy atom. The van der Waals surface area contributed by atoms with Crippen molar-refractivity contribution in [3.63, 3.8) is 0 Å². The quantitative estimate of drug-likeness (QED) is 0.674. The van der Waals surface area contributed by atoms with Crippen LogP contribution in [0, 0.1) is 16.0 Å². The van der Waals surface area contributed by atoms with Crippen LogP contribution in [-0.2, 0) is 0 Å². The molecule has 1 amide bonds. The molecule has 1 aromatic rings. The van der Waals surface area contributed by atoms with Crippen molar-refractivity contribution in [3.05, 3.63) is 38.3 Å². The second-order valence-corrected chi connectivity index (χ2v) is 5.75. The molecule has 108 valence electrons. The van der Waals surface area contributed by atoms with Gasteiger partial charge in [-0.15, -0.1) is 0 Å². The number of carbonyl (C=O) groups is 1. The van der Waals surface area contributed by atoms with E-state index in [0.717, 1.165) is 12.8 Å². The van der Waals surface area contributed by atoms with Crippen molar-refractivity contribution in [2.75, 3.05) is 19.7 Å². The predicted octanol–water partition coefficient (Wildman–Crippen LogP) is 2.20. The van der Waals surface area contributed by atoms with E-state index in [0.29, 0.717) is 17.6 Å². The smallest absolute Gasteiger partial charge is 0.283 e. The number of hydrogen-bond acceptors (Lipinski definition) is 4. The molecular formula is C13H15BrN2O4. The van der Waals surface area contributed by atoms with Gasteiger partial charge < -0.3 is 10.0 Å². The predicted molar refractivity (Wildman–Crippen MR) is 76.5 cm³/mol. The third-order valence-electron chi connectivity index (χ3n) is 3.55. The number of aliphatic hydroxyl groups excluding tert-OH is 1. The lowest BCUT2D eigenvalue weighted by Crippen LogP contribution is -2.39. The fourth-order valence-corrected chi connectivity index (χ4v) is 2.67. The summed E-state index contributed by atoms with van der Waals surface area (Å²) in [6.45, 7) is 1.18. The lowest BCUT2D eigenvalue weighted by atomic mass is 9.97. The van der Waals surface area contributed by atoms with Crippen molar-refractivity contribution in [1.82, 2.24) is 4.90 Å². The number of hydrogen-bond donors (Lipinski definition) is 1. The number of halogens is 1. The molecule has 0 spiro atoms. The molecule has 1 aliphatic heterocycles. The van der Waals surface area contributed by atoms with Crippen molar-refractivity contribution in [2.45, 2.75) is 12.8 Å². The first-order valence-corrected chi connectivity index (χ1v) is 7.16. The van der Waals surface area contributed by atoms with Crippen LogP contribution in [0.2, 0.25) is 0 Å². The minimum Gasteiger partial charge on any atom is -0.396 e. The summed E-state index contributed by atoms with van der Waals surface area (Å²) < 4.78 is 0.569. The van der Waals surface area contributed by atoms with Crippen LogP contribution in [0.1, 0.15) is 23.2 Å². The number of piperidine rings is 1. The second kappa shape index (κ2) is 6.32. The number of nitrogens with zero attached hydrogens (tertiary/aromatic N) is 2. The van der Waals surface area contributed by atoms with Gasteiger partial charge in [-0.3, -0.25) is 14.9 Å². The largest absolute Gasteiger partial charge is 0.396 e. The van der Waals surface area contributed by atoms with Crippen molar-refractivity contribution in [1.29, 1.82) is 0 Å². The summed E-state index contributed by atoms with van der Waals surface area (Å²) in [6.07, 6.45) is 1.46. The molecule has 0 aliphatic carbocycles. The average Bonchev–Trinajstić information content (AvgIpc) is 2.46. The topological polar surface area (TPSA) is 83.7 Å². The molecule has 6 nitrogen and oxygen atoms in total. The third-order valence-corrected chi connectivity index (χ3v) is 4.04. The van der Waals surface area contributed by atoms with Gasteiger partial charge in [-0.25, -0.2) is 0 Å². The van der Waals surface area contributed by atoms with Crippen molar-refractivity contribution in [3.8, 4) is 0 Å². The van der Waals surface area contributed by atoms with E-state index in [-0.39, 0.29) is 29.7 Å². The fraction of sp³-hybridized carbons (Fsp3) is 0.462. The molecule has 0 unspecified atom stereocenters. The van der Waals surface area contributed by atoms with Gasteiger partial charge in [-0.05, 0) is 30.9 Å². The van der Waals surface area contributed by atoms with E-state index < -0.39 is 4.92 Å². The molecule has 1 heterocycles. The molecule has 0 bridgehead atoms. The van der Waals surface area contributed by atoms with Gasteiger partial charge in [0.15, 0.2) is 0 Å². The minimum atomic E-state index is -0.543. The molecular weight excluding hydrogens is 328 g/mol. The minimum absolute atomic E-state index is 0.112. The van der Waals surface area contributed by atoms with E-state index >= 15 is 0 Å². The highest BCUT2D eigenvalue weighted by atomic mass is 79.9. The summed E-state index contributed by atoms with van der Waals surface area (Å²) in [6, 6.07) is 4.44. The van der Waals surface area contributed by atoms with E-state index in [2.05, 4.69) is 15.9 Å². The summed E-state index contributed by atoms with van der Waals surface area (Å²) in [5.74, 6) is -0.0976. The second-order valence-electron chi connectivity index (χ2n) is 4.84.